The molecule has 0 aromatic heterocycles. The largest absolute Gasteiger partial charge is 0.298 e. The molecule has 2 rings (SSSR count). The topological polar surface area (TPSA) is 43.4 Å². The molecule has 0 unspecified atom stereocenters. The first-order valence-electron chi connectivity index (χ1n) is 5.88. The van der Waals surface area contributed by atoms with Crippen molar-refractivity contribution in [3.05, 3.63) is 27.1 Å². The summed E-state index contributed by atoms with van der Waals surface area (Å²) in [5, 5.41) is 0. The molecule has 100 valence electrons. The second kappa shape index (κ2) is 6.03. The maximum absolute atomic E-state index is 12.2. The molecule has 1 aliphatic carbocycles. The molecule has 6 heteroatoms. The first-order valence-corrected chi connectivity index (χ1v) is 8.87. The Labute approximate surface area is 124 Å². The van der Waals surface area contributed by atoms with Crippen molar-refractivity contribution in [1.29, 1.82) is 0 Å². The lowest BCUT2D eigenvalue weighted by Crippen LogP contribution is -2.21. The molecule has 1 aliphatic rings. The van der Waals surface area contributed by atoms with Crippen LogP contribution < -0.4 is 0 Å². The summed E-state index contributed by atoms with van der Waals surface area (Å²) in [6.07, 6.45) is 4.73. The highest BCUT2D eigenvalue weighted by Gasteiger charge is 2.25. The summed E-state index contributed by atoms with van der Waals surface area (Å²) in [4.78, 5) is 0.183. The summed E-state index contributed by atoms with van der Waals surface area (Å²) in [5.41, 5.74) is 0. The van der Waals surface area contributed by atoms with Gasteiger partial charge >= 0.3 is 0 Å². The molecule has 0 heterocycles. The zero-order valence-electron chi connectivity index (χ0n) is 9.73. The molecular formula is C12H14Br2O3S. The number of benzene rings is 1. The van der Waals surface area contributed by atoms with Crippen LogP contribution in [0.15, 0.2) is 32.0 Å². The Hall–Kier alpha value is 0.0900. The normalized spacial score (nSPS) is 17.9. The van der Waals surface area contributed by atoms with Gasteiger partial charge in [0.25, 0.3) is 10.1 Å². The maximum atomic E-state index is 12.2. The van der Waals surface area contributed by atoms with Gasteiger partial charge in [-0.1, -0.05) is 25.3 Å². The summed E-state index contributed by atoms with van der Waals surface area (Å²) in [7, 11) is -3.69. The Kier molecular flexibility index (Phi) is 4.86. The highest BCUT2D eigenvalue weighted by molar-refractivity contribution is 9.13. The third kappa shape index (κ3) is 3.35. The summed E-state index contributed by atoms with van der Waals surface area (Å²) in [5.74, 6) is 0. The lowest BCUT2D eigenvalue weighted by Gasteiger charge is -2.21. The Morgan fingerprint density at radius 2 is 1.78 bits per heavy atom. The van der Waals surface area contributed by atoms with Crippen molar-refractivity contribution in [2.45, 2.75) is 43.1 Å². The molecule has 0 amide bonds. The monoisotopic (exact) mass is 396 g/mol. The molecule has 0 radical (unpaired) electrons. The maximum Gasteiger partial charge on any atom is 0.298 e. The molecule has 0 aliphatic heterocycles. The second-order valence-electron chi connectivity index (χ2n) is 4.36. The van der Waals surface area contributed by atoms with Gasteiger partial charge in [-0.3, -0.25) is 4.18 Å². The van der Waals surface area contributed by atoms with Gasteiger partial charge in [0.2, 0.25) is 0 Å². The van der Waals surface area contributed by atoms with E-state index in [-0.39, 0.29) is 11.0 Å². The molecule has 0 spiro atoms. The lowest BCUT2D eigenvalue weighted by atomic mass is 9.98. The van der Waals surface area contributed by atoms with E-state index in [0.29, 0.717) is 8.95 Å². The van der Waals surface area contributed by atoms with Crippen LogP contribution >= 0.6 is 31.9 Å². The number of hydrogen-bond donors (Lipinski definition) is 0. The lowest BCUT2D eigenvalue weighted by molar-refractivity contribution is 0.162. The fourth-order valence-corrected chi connectivity index (χ4v) is 4.66. The van der Waals surface area contributed by atoms with Crippen LogP contribution in [0.2, 0.25) is 0 Å². The fourth-order valence-electron chi connectivity index (χ4n) is 2.07. The minimum absolute atomic E-state index is 0.172. The third-order valence-corrected chi connectivity index (χ3v) is 6.71. The Bertz CT molecular complexity index is 522. The highest BCUT2D eigenvalue weighted by atomic mass is 79.9. The number of hydrogen-bond acceptors (Lipinski definition) is 3. The highest BCUT2D eigenvalue weighted by Crippen LogP contribution is 2.32. The molecule has 1 aromatic carbocycles. The van der Waals surface area contributed by atoms with E-state index in [1.165, 1.54) is 6.42 Å². The zero-order chi connectivity index (χ0) is 13.2. The quantitative estimate of drug-likeness (QED) is 0.716. The standard InChI is InChI=1S/C12H14Br2O3S/c13-10-7-4-8-11(12(10)14)18(15,16)17-9-5-2-1-3-6-9/h4,7-9H,1-3,5-6H2. The Balaban J connectivity index is 2.22. The molecule has 18 heavy (non-hydrogen) atoms. The number of halogens is 2. The van der Waals surface area contributed by atoms with Crippen LogP contribution in [-0.2, 0) is 14.3 Å². The van der Waals surface area contributed by atoms with Crippen molar-refractivity contribution in [1.82, 2.24) is 0 Å². The van der Waals surface area contributed by atoms with E-state index in [9.17, 15) is 8.42 Å². The zero-order valence-corrected chi connectivity index (χ0v) is 13.7. The van der Waals surface area contributed by atoms with E-state index in [1.807, 2.05) is 0 Å². The van der Waals surface area contributed by atoms with Gasteiger partial charge in [0.1, 0.15) is 4.90 Å². The minimum atomic E-state index is -3.69. The summed E-state index contributed by atoms with van der Waals surface area (Å²) in [6.45, 7) is 0. The minimum Gasteiger partial charge on any atom is -0.263 e. The van der Waals surface area contributed by atoms with E-state index < -0.39 is 10.1 Å². The first-order chi connectivity index (χ1) is 8.50. The average Bonchev–Trinajstić information content (AvgIpc) is 2.33. The average molecular weight is 398 g/mol. The Morgan fingerprint density at radius 3 is 2.44 bits per heavy atom. The van der Waals surface area contributed by atoms with Gasteiger partial charge in [-0.25, -0.2) is 0 Å². The SMILES string of the molecule is O=S(=O)(OC1CCCCC1)c1cccc(Br)c1Br. The predicted molar refractivity (Wildman–Crippen MR) is 77.0 cm³/mol. The van der Waals surface area contributed by atoms with Crippen molar-refractivity contribution in [2.75, 3.05) is 0 Å². The first kappa shape index (κ1) is 14.5. The van der Waals surface area contributed by atoms with Crippen molar-refractivity contribution in [3.8, 4) is 0 Å². The molecule has 0 bridgehead atoms. The van der Waals surface area contributed by atoms with Gasteiger partial charge in [-0.15, -0.1) is 0 Å². The van der Waals surface area contributed by atoms with Crippen molar-refractivity contribution in [2.24, 2.45) is 0 Å². The van der Waals surface area contributed by atoms with E-state index >= 15 is 0 Å². The van der Waals surface area contributed by atoms with Gasteiger partial charge < -0.3 is 0 Å². The van der Waals surface area contributed by atoms with Gasteiger partial charge in [-0.05, 0) is 56.8 Å². The van der Waals surface area contributed by atoms with Crippen LogP contribution in [0, 0.1) is 0 Å². The van der Waals surface area contributed by atoms with Gasteiger partial charge in [0.15, 0.2) is 0 Å². The van der Waals surface area contributed by atoms with Crippen LogP contribution in [0.5, 0.6) is 0 Å². The smallest absolute Gasteiger partial charge is 0.263 e. The van der Waals surface area contributed by atoms with Crippen LogP contribution in [0.1, 0.15) is 32.1 Å². The molecular weight excluding hydrogens is 384 g/mol. The van der Waals surface area contributed by atoms with E-state index in [4.69, 9.17) is 4.18 Å². The van der Waals surface area contributed by atoms with Crippen LogP contribution in [0.3, 0.4) is 0 Å². The molecule has 1 saturated carbocycles. The molecule has 1 fully saturated rings. The van der Waals surface area contributed by atoms with Crippen molar-refractivity contribution in [3.63, 3.8) is 0 Å². The van der Waals surface area contributed by atoms with Gasteiger partial charge in [-0.2, -0.15) is 8.42 Å². The summed E-state index contributed by atoms with van der Waals surface area (Å²) >= 11 is 6.57. The van der Waals surface area contributed by atoms with Gasteiger partial charge in [0, 0.05) is 4.47 Å². The predicted octanol–water partition coefficient (Wildman–Crippen LogP) is 4.25. The molecule has 0 saturated heterocycles. The van der Waals surface area contributed by atoms with Crippen LogP contribution in [0.25, 0.3) is 0 Å². The Morgan fingerprint density at radius 1 is 1.11 bits per heavy atom. The fraction of sp³-hybridized carbons (Fsp3) is 0.500. The number of rotatable bonds is 3. The molecule has 0 N–H and O–H groups in total. The van der Waals surface area contributed by atoms with Crippen LogP contribution in [-0.4, -0.2) is 14.5 Å². The molecule has 0 atom stereocenters. The van der Waals surface area contributed by atoms with Gasteiger partial charge in [0.05, 0.1) is 10.6 Å². The third-order valence-electron chi connectivity index (χ3n) is 3.00. The van der Waals surface area contributed by atoms with Crippen LogP contribution in [0.4, 0.5) is 0 Å². The van der Waals surface area contributed by atoms with Crippen molar-refractivity contribution < 1.29 is 12.6 Å². The van der Waals surface area contributed by atoms with Crippen molar-refractivity contribution >= 4 is 42.0 Å². The summed E-state index contributed by atoms with van der Waals surface area (Å²) in [6, 6.07) is 5.02. The molecule has 1 aromatic rings. The van der Waals surface area contributed by atoms with E-state index in [2.05, 4.69) is 31.9 Å². The second-order valence-corrected chi connectivity index (χ2v) is 7.55. The summed E-state index contributed by atoms with van der Waals surface area (Å²) < 4.78 is 30.9. The van der Waals surface area contributed by atoms with E-state index in [0.717, 1.165) is 25.7 Å². The van der Waals surface area contributed by atoms with E-state index in [1.54, 1.807) is 18.2 Å². The molecule has 3 nitrogen and oxygen atoms in total.